The lowest BCUT2D eigenvalue weighted by molar-refractivity contribution is 0.0682. The molecule has 1 aromatic heterocycles. The Hall–Kier alpha value is -2.67. The number of nitrogens with zero attached hydrogens (tertiary/aromatic N) is 3. The van der Waals surface area contributed by atoms with E-state index in [1.54, 1.807) is 0 Å². The van der Waals surface area contributed by atoms with Crippen molar-refractivity contribution in [3.05, 3.63) is 53.3 Å². The van der Waals surface area contributed by atoms with Gasteiger partial charge in [-0.25, -0.2) is 0 Å². The molecule has 2 aromatic rings. The lowest BCUT2D eigenvalue weighted by Gasteiger charge is -2.31. The van der Waals surface area contributed by atoms with Crippen LogP contribution in [0.1, 0.15) is 39.4 Å². The fourth-order valence-electron chi connectivity index (χ4n) is 3.86. The van der Waals surface area contributed by atoms with Gasteiger partial charge in [-0.15, -0.1) is 0 Å². The molecule has 2 N–H and O–H groups in total. The normalized spacial score (nSPS) is 20.7. The molecule has 0 aliphatic carbocycles. The highest BCUT2D eigenvalue weighted by molar-refractivity contribution is 5.98. The van der Waals surface area contributed by atoms with Crippen LogP contribution in [0.4, 0.5) is 0 Å². The number of aliphatic hydroxyl groups excluding tert-OH is 1. The van der Waals surface area contributed by atoms with Gasteiger partial charge in [0.2, 0.25) is 0 Å². The monoisotopic (exact) mass is 368 g/mol. The van der Waals surface area contributed by atoms with E-state index < -0.39 is 6.10 Å². The van der Waals surface area contributed by atoms with Gasteiger partial charge in [-0.1, -0.05) is 30.3 Å². The Balaban J connectivity index is 1.39. The standard InChI is InChI=1S/C20H24N4O3/c25-16-12-21-19(26)18-11-17(22-24(18)13-16)20(27)23-8-6-15(7-9-23)10-14-4-2-1-3-5-14/h1-5,11,15-16,25H,6-10,12-13H2,(H,21,26)/t16-/m1/s1. The number of hydrogen-bond donors (Lipinski definition) is 2. The van der Waals surface area contributed by atoms with Crippen LogP contribution in [0.15, 0.2) is 36.4 Å². The zero-order valence-electron chi connectivity index (χ0n) is 15.2. The van der Waals surface area contributed by atoms with E-state index in [0.717, 1.165) is 19.3 Å². The van der Waals surface area contributed by atoms with Crippen molar-refractivity contribution >= 4 is 11.8 Å². The molecule has 0 unspecified atom stereocenters. The minimum atomic E-state index is -0.702. The Labute approximate surface area is 158 Å². The Morgan fingerprint density at radius 3 is 2.70 bits per heavy atom. The van der Waals surface area contributed by atoms with Crippen molar-refractivity contribution in [3.8, 4) is 0 Å². The van der Waals surface area contributed by atoms with Gasteiger partial charge < -0.3 is 15.3 Å². The molecule has 1 aromatic carbocycles. The number of fused-ring (bicyclic) bond motifs is 1. The predicted octanol–water partition coefficient (Wildman–Crippen LogP) is 1.08. The first-order valence-corrected chi connectivity index (χ1v) is 9.47. The van der Waals surface area contributed by atoms with Crippen LogP contribution in [0.3, 0.4) is 0 Å². The van der Waals surface area contributed by atoms with Crippen molar-refractivity contribution in [2.24, 2.45) is 5.92 Å². The highest BCUT2D eigenvalue weighted by Gasteiger charge is 2.28. The van der Waals surface area contributed by atoms with E-state index in [-0.39, 0.29) is 30.6 Å². The average Bonchev–Trinajstić information content (AvgIpc) is 3.05. The SMILES string of the molecule is O=C1NC[C@@H](O)Cn2nc(C(=O)N3CCC(Cc4ccccc4)CC3)cc21. The molecule has 1 atom stereocenters. The minimum absolute atomic E-state index is 0.143. The molecule has 0 saturated carbocycles. The second kappa shape index (κ2) is 7.52. The van der Waals surface area contributed by atoms with Crippen molar-refractivity contribution in [1.29, 1.82) is 0 Å². The van der Waals surface area contributed by atoms with E-state index in [2.05, 4.69) is 34.7 Å². The van der Waals surface area contributed by atoms with Gasteiger partial charge in [0.25, 0.3) is 11.8 Å². The topological polar surface area (TPSA) is 87.5 Å². The molecular formula is C20H24N4O3. The molecule has 27 heavy (non-hydrogen) atoms. The van der Waals surface area contributed by atoms with Gasteiger partial charge >= 0.3 is 0 Å². The first-order valence-electron chi connectivity index (χ1n) is 9.47. The van der Waals surface area contributed by atoms with E-state index in [9.17, 15) is 14.7 Å². The summed E-state index contributed by atoms with van der Waals surface area (Å²) in [4.78, 5) is 26.7. The van der Waals surface area contributed by atoms with Crippen molar-refractivity contribution in [2.45, 2.75) is 31.9 Å². The van der Waals surface area contributed by atoms with Crippen LogP contribution in [0.5, 0.6) is 0 Å². The van der Waals surface area contributed by atoms with Crippen LogP contribution in [0.25, 0.3) is 0 Å². The zero-order chi connectivity index (χ0) is 18.8. The summed E-state index contributed by atoms with van der Waals surface area (Å²) in [5.74, 6) is 0.131. The van der Waals surface area contributed by atoms with E-state index in [1.807, 2.05) is 11.0 Å². The van der Waals surface area contributed by atoms with E-state index in [1.165, 1.54) is 16.3 Å². The van der Waals surface area contributed by atoms with Crippen LogP contribution in [0.2, 0.25) is 0 Å². The number of likely N-dealkylation sites (tertiary alicyclic amines) is 1. The molecule has 1 saturated heterocycles. The van der Waals surface area contributed by atoms with Gasteiger partial charge in [0.15, 0.2) is 5.69 Å². The molecule has 2 aliphatic heterocycles. The molecular weight excluding hydrogens is 344 g/mol. The fraction of sp³-hybridized carbons (Fsp3) is 0.450. The Bertz CT molecular complexity index is 825. The lowest BCUT2D eigenvalue weighted by atomic mass is 9.90. The summed E-state index contributed by atoms with van der Waals surface area (Å²) in [7, 11) is 0. The molecule has 7 heteroatoms. The van der Waals surface area contributed by atoms with Crippen molar-refractivity contribution < 1.29 is 14.7 Å². The number of aliphatic hydroxyl groups is 1. The van der Waals surface area contributed by atoms with Crippen LogP contribution in [-0.2, 0) is 13.0 Å². The first-order chi connectivity index (χ1) is 13.1. The largest absolute Gasteiger partial charge is 0.389 e. The number of rotatable bonds is 3. The number of β-amino-alcohol motifs (C(OH)–C–C–N with tert-alkyl or cyclic N) is 1. The molecule has 0 spiro atoms. The van der Waals surface area contributed by atoms with Crippen molar-refractivity contribution in [1.82, 2.24) is 20.0 Å². The Kier molecular flexibility index (Phi) is 4.94. The highest BCUT2D eigenvalue weighted by atomic mass is 16.3. The predicted molar refractivity (Wildman–Crippen MR) is 99.3 cm³/mol. The molecule has 0 bridgehead atoms. The summed E-state index contributed by atoms with van der Waals surface area (Å²) in [5.41, 5.74) is 1.94. The van der Waals surface area contributed by atoms with E-state index in [0.29, 0.717) is 24.7 Å². The number of piperidine rings is 1. The van der Waals surface area contributed by atoms with Crippen molar-refractivity contribution in [2.75, 3.05) is 19.6 Å². The fourth-order valence-corrected chi connectivity index (χ4v) is 3.86. The molecule has 142 valence electrons. The van der Waals surface area contributed by atoms with Crippen LogP contribution in [-0.4, -0.2) is 57.3 Å². The molecule has 4 rings (SSSR count). The number of aromatic nitrogens is 2. The average molecular weight is 368 g/mol. The number of carbonyl (C=O) groups excluding carboxylic acids is 2. The number of carbonyl (C=O) groups is 2. The number of benzene rings is 1. The molecule has 3 heterocycles. The maximum absolute atomic E-state index is 12.8. The molecule has 2 aliphatic rings. The summed E-state index contributed by atoms with van der Waals surface area (Å²) >= 11 is 0. The number of hydrogen-bond acceptors (Lipinski definition) is 4. The Morgan fingerprint density at radius 2 is 1.96 bits per heavy atom. The van der Waals surface area contributed by atoms with E-state index in [4.69, 9.17) is 0 Å². The minimum Gasteiger partial charge on any atom is -0.389 e. The van der Waals surface area contributed by atoms with E-state index >= 15 is 0 Å². The quantitative estimate of drug-likeness (QED) is 0.849. The summed E-state index contributed by atoms with van der Waals surface area (Å²) in [6.45, 7) is 1.81. The molecule has 7 nitrogen and oxygen atoms in total. The van der Waals surface area contributed by atoms with Gasteiger partial charge in [-0.05, 0) is 30.7 Å². The van der Waals surface area contributed by atoms with Gasteiger partial charge in [0, 0.05) is 25.7 Å². The molecule has 0 radical (unpaired) electrons. The second-order valence-corrected chi connectivity index (χ2v) is 7.39. The lowest BCUT2D eigenvalue weighted by Crippen LogP contribution is -2.39. The third-order valence-electron chi connectivity index (χ3n) is 5.38. The number of nitrogens with one attached hydrogen (secondary N) is 1. The third kappa shape index (κ3) is 3.88. The molecule has 2 amide bonds. The zero-order valence-corrected chi connectivity index (χ0v) is 15.2. The maximum atomic E-state index is 12.8. The number of amides is 2. The molecule has 1 fully saturated rings. The highest BCUT2D eigenvalue weighted by Crippen LogP contribution is 2.23. The smallest absolute Gasteiger partial charge is 0.274 e. The van der Waals surface area contributed by atoms with Gasteiger partial charge in [-0.2, -0.15) is 5.10 Å². The van der Waals surface area contributed by atoms with Gasteiger partial charge in [-0.3, -0.25) is 14.3 Å². The summed E-state index contributed by atoms with van der Waals surface area (Å²) in [6.07, 6.45) is 2.27. The van der Waals surface area contributed by atoms with Crippen LogP contribution >= 0.6 is 0 Å². The van der Waals surface area contributed by atoms with Crippen LogP contribution < -0.4 is 5.32 Å². The summed E-state index contributed by atoms with van der Waals surface area (Å²) in [6, 6.07) is 12.0. The maximum Gasteiger partial charge on any atom is 0.274 e. The van der Waals surface area contributed by atoms with Crippen molar-refractivity contribution in [3.63, 3.8) is 0 Å². The van der Waals surface area contributed by atoms with Gasteiger partial charge in [0.1, 0.15) is 5.69 Å². The summed E-state index contributed by atoms with van der Waals surface area (Å²) < 4.78 is 1.43. The van der Waals surface area contributed by atoms with Crippen LogP contribution in [0, 0.1) is 5.92 Å². The Morgan fingerprint density at radius 1 is 1.22 bits per heavy atom. The summed E-state index contributed by atoms with van der Waals surface area (Å²) in [5, 5.41) is 16.7. The van der Waals surface area contributed by atoms with Gasteiger partial charge in [0.05, 0.1) is 12.6 Å². The second-order valence-electron chi connectivity index (χ2n) is 7.39. The first kappa shape index (κ1) is 17.7. The third-order valence-corrected chi connectivity index (χ3v) is 5.38.